The van der Waals surface area contributed by atoms with E-state index in [9.17, 15) is 4.79 Å². The van der Waals surface area contributed by atoms with E-state index in [0.29, 0.717) is 21.3 Å². The Morgan fingerprint density at radius 1 is 1.35 bits per heavy atom. The fourth-order valence-electron chi connectivity index (χ4n) is 2.77. The number of carbonyl (C=O) groups is 1. The third-order valence-electron chi connectivity index (χ3n) is 3.88. The second-order valence-corrected chi connectivity index (χ2v) is 8.35. The van der Waals surface area contributed by atoms with Crippen molar-refractivity contribution in [3.8, 4) is 0 Å². The molecule has 3 heterocycles. The zero-order valence-electron chi connectivity index (χ0n) is 13.7. The SMILES string of the molecule is CCCSC1=NN2C(=c3ccccc3=N[C@H]2c2cc(Br)c(Br)o2)C(=O)N1. The van der Waals surface area contributed by atoms with Crippen molar-refractivity contribution in [3.05, 3.63) is 55.8 Å². The summed E-state index contributed by atoms with van der Waals surface area (Å²) in [6, 6.07) is 9.39. The molecule has 0 bridgehead atoms. The van der Waals surface area contributed by atoms with Crippen LogP contribution in [0, 0.1) is 0 Å². The van der Waals surface area contributed by atoms with E-state index in [0.717, 1.165) is 27.2 Å². The Morgan fingerprint density at radius 3 is 2.88 bits per heavy atom. The van der Waals surface area contributed by atoms with E-state index < -0.39 is 6.17 Å². The summed E-state index contributed by atoms with van der Waals surface area (Å²) in [6.07, 6.45) is 0.441. The van der Waals surface area contributed by atoms with Crippen molar-refractivity contribution in [2.45, 2.75) is 19.5 Å². The highest BCUT2D eigenvalue weighted by Gasteiger charge is 2.36. The van der Waals surface area contributed by atoms with Crippen molar-refractivity contribution in [2.24, 2.45) is 10.1 Å². The third kappa shape index (κ3) is 3.12. The maximum Gasteiger partial charge on any atom is 0.276 e. The molecule has 0 saturated carbocycles. The Labute approximate surface area is 170 Å². The number of hydrazone groups is 1. The van der Waals surface area contributed by atoms with Crippen LogP contribution in [0.5, 0.6) is 0 Å². The minimum Gasteiger partial charge on any atom is -0.449 e. The molecule has 1 atom stereocenters. The fourth-order valence-corrected chi connectivity index (χ4v) is 4.08. The van der Waals surface area contributed by atoms with Gasteiger partial charge in [0.05, 0.1) is 9.83 Å². The van der Waals surface area contributed by atoms with Gasteiger partial charge >= 0.3 is 0 Å². The van der Waals surface area contributed by atoms with Crippen LogP contribution in [0.15, 0.2) is 54.0 Å². The lowest BCUT2D eigenvalue weighted by atomic mass is 10.1. The molecule has 1 amide bonds. The Kier molecular flexibility index (Phi) is 4.94. The van der Waals surface area contributed by atoms with E-state index in [1.54, 1.807) is 5.01 Å². The maximum absolute atomic E-state index is 12.8. The molecule has 0 aliphatic carbocycles. The average molecular weight is 498 g/mol. The first-order valence-electron chi connectivity index (χ1n) is 8.02. The summed E-state index contributed by atoms with van der Waals surface area (Å²) in [5.74, 6) is 1.28. The zero-order valence-corrected chi connectivity index (χ0v) is 17.7. The van der Waals surface area contributed by atoms with Gasteiger partial charge in [-0.15, -0.1) is 5.10 Å². The molecule has 0 fully saturated rings. The number of rotatable bonds is 3. The highest BCUT2D eigenvalue weighted by atomic mass is 79.9. The van der Waals surface area contributed by atoms with E-state index in [1.807, 2.05) is 30.3 Å². The molecule has 0 unspecified atom stereocenters. The lowest BCUT2D eigenvalue weighted by Gasteiger charge is -2.32. The number of hydrogen-bond donors (Lipinski definition) is 1. The van der Waals surface area contributed by atoms with E-state index in [4.69, 9.17) is 9.41 Å². The van der Waals surface area contributed by atoms with Gasteiger partial charge in [0.2, 0.25) is 6.17 Å². The van der Waals surface area contributed by atoms with Crippen LogP contribution in [0.4, 0.5) is 0 Å². The second-order valence-electron chi connectivity index (χ2n) is 5.69. The first kappa shape index (κ1) is 17.8. The van der Waals surface area contributed by atoms with Crippen LogP contribution in [0.2, 0.25) is 0 Å². The summed E-state index contributed by atoms with van der Waals surface area (Å²) in [7, 11) is 0. The minimum absolute atomic E-state index is 0.185. The van der Waals surface area contributed by atoms with Gasteiger partial charge in [0, 0.05) is 11.0 Å². The number of fused-ring (bicyclic) bond motifs is 2. The number of benzene rings is 1. The number of furan rings is 1. The first-order chi connectivity index (χ1) is 12.6. The molecule has 0 saturated heterocycles. The van der Waals surface area contributed by atoms with Gasteiger partial charge in [-0.05, 0) is 50.4 Å². The number of thioether (sulfide) groups is 1. The number of nitrogens with zero attached hydrogens (tertiary/aromatic N) is 3. The predicted molar refractivity (Wildman–Crippen MR) is 108 cm³/mol. The van der Waals surface area contributed by atoms with Gasteiger partial charge in [0.25, 0.3) is 5.91 Å². The largest absolute Gasteiger partial charge is 0.449 e. The predicted octanol–water partition coefficient (Wildman–Crippen LogP) is 3.09. The van der Waals surface area contributed by atoms with Crippen molar-refractivity contribution >= 4 is 60.4 Å². The molecule has 26 heavy (non-hydrogen) atoms. The number of carbonyl (C=O) groups excluding carboxylic acids is 1. The Bertz CT molecular complexity index is 1010. The molecule has 6 nitrogen and oxygen atoms in total. The van der Waals surface area contributed by atoms with E-state index in [1.165, 1.54) is 11.8 Å². The normalized spacial score (nSPS) is 18.7. The van der Waals surface area contributed by atoms with E-state index in [2.05, 4.69) is 49.2 Å². The number of hydrogen-bond acceptors (Lipinski definition) is 6. The van der Waals surface area contributed by atoms with Crippen LogP contribution in [-0.2, 0) is 4.79 Å². The van der Waals surface area contributed by atoms with Crippen LogP contribution in [0.25, 0.3) is 5.70 Å². The van der Waals surface area contributed by atoms with E-state index >= 15 is 0 Å². The Hall–Kier alpha value is -1.58. The standard InChI is InChI=1S/C17H14Br2N4O2S/c1-2-7-26-17-21-16(24)13-9-5-3-4-6-11(9)20-15(23(13)22-17)12-8-10(18)14(19)25-12/h3-6,8,15H,2,7H2,1H3,(H,21,22,24)/t15-/m1/s1. The number of amides is 1. The highest BCUT2D eigenvalue weighted by Crippen LogP contribution is 2.36. The van der Waals surface area contributed by atoms with Crippen molar-refractivity contribution in [1.29, 1.82) is 0 Å². The fraction of sp³-hybridized carbons (Fsp3) is 0.235. The van der Waals surface area contributed by atoms with Crippen molar-refractivity contribution < 1.29 is 9.21 Å². The summed E-state index contributed by atoms with van der Waals surface area (Å²) in [4.78, 5) is 17.6. The van der Waals surface area contributed by atoms with Crippen LogP contribution >= 0.6 is 43.6 Å². The second kappa shape index (κ2) is 7.21. The van der Waals surface area contributed by atoms with Crippen LogP contribution in [0.3, 0.4) is 0 Å². The monoisotopic (exact) mass is 496 g/mol. The summed E-state index contributed by atoms with van der Waals surface area (Å²) >= 11 is 8.31. The van der Waals surface area contributed by atoms with Crippen LogP contribution in [0.1, 0.15) is 25.3 Å². The highest BCUT2D eigenvalue weighted by molar-refractivity contribution is 9.13. The quantitative estimate of drug-likeness (QED) is 0.707. The molecule has 2 aromatic rings. The molecular formula is C17H14Br2N4O2S. The van der Waals surface area contributed by atoms with Gasteiger partial charge in [-0.1, -0.05) is 36.9 Å². The van der Waals surface area contributed by atoms with Gasteiger partial charge in [0.1, 0.15) is 5.70 Å². The summed E-state index contributed by atoms with van der Waals surface area (Å²) in [5.41, 5.74) is 0.477. The molecule has 1 aromatic heterocycles. The third-order valence-corrected chi connectivity index (χ3v) is 6.66. The van der Waals surface area contributed by atoms with Gasteiger partial charge in [0.15, 0.2) is 15.6 Å². The smallest absolute Gasteiger partial charge is 0.276 e. The Morgan fingerprint density at radius 2 is 2.15 bits per heavy atom. The summed E-state index contributed by atoms with van der Waals surface area (Å²) in [6.45, 7) is 2.09. The molecule has 9 heteroatoms. The molecule has 1 aromatic carbocycles. The summed E-state index contributed by atoms with van der Waals surface area (Å²) < 4.78 is 7.15. The number of para-hydroxylation sites is 1. The van der Waals surface area contributed by atoms with Crippen LogP contribution in [-0.4, -0.2) is 21.8 Å². The molecule has 134 valence electrons. The van der Waals surface area contributed by atoms with E-state index in [-0.39, 0.29) is 5.91 Å². The molecule has 1 N–H and O–H groups in total. The van der Waals surface area contributed by atoms with Crippen molar-refractivity contribution in [1.82, 2.24) is 10.3 Å². The van der Waals surface area contributed by atoms with Crippen molar-refractivity contribution in [3.63, 3.8) is 0 Å². The van der Waals surface area contributed by atoms with Gasteiger partial charge in [-0.2, -0.15) is 0 Å². The molecule has 4 rings (SSSR count). The topological polar surface area (TPSA) is 70.2 Å². The zero-order chi connectivity index (χ0) is 18.3. The lowest BCUT2D eigenvalue weighted by Crippen LogP contribution is -2.50. The minimum atomic E-state index is -0.550. The van der Waals surface area contributed by atoms with Gasteiger partial charge < -0.3 is 4.42 Å². The lowest BCUT2D eigenvalue weighted by molar-refractivity contribution is -0.116. The molecular weight excluding hydrogens is 484 g/mol. The molecule has 0 spiro atoms. The molecule has 0 radical (unpaired) electrons. The number of nitrogens with one attached hydrogen (secondary N) is 1. The van der Waals surface area contributed by atoms with Gasteiger partial charge in [-0.3, -0.25) is 10.1 Å². The summed E-state index contributed by atoms with van der Waals surface area (Å²) in [5, 5.41) is 11.3. The number of amidine groups is 1. The molecule has 2 aliphatic rings. The molecule has 2 aliphatic heterocycles. The van der Waals surface area contributed by atoms with Gasteiger partial charge in [-0.25, -0.2) is 10.0 Å². The average Bonchev–Trinajstić information content (AvgIpc) is 2.97. The van der Waals surface area contributed by atoms with Crippen molar-refractivity contribution in [2.75, 3.05) is 5.75 Å². The Balaban J connectivity index is 1.90. The first-order valence-corrected chi connectivity index (χ1v) is 10.6. The van der Waals surface area contributed by atoms with Crippen LogP contribution < -0.4 is 15.9 Å². The number of halogens is 2. The maximum atomic E-state index is 12.8.